The van der Waals surface area contributed by atoms with Crippen molar-refractivity contribution < 1.29 is 9.53 Å². The first-order valence-electron chi connectivity index (χ1n) is 6.07. The lowest BCUT2D eigenvalue weighted by atomic mass is 10.0. The van der Waals surface area contributed by atoms with Gasteiger partial charge >= 0.3 is 0 Å². The van der Waals surface area contributed by atoms with Crippen LogP contribution in [0, 0.1) is 0 Å². The Morgan fingerprint density at radius 3 is 3.11 bits per heavy atom. The normalized spacial score (nSPS) is 17.4. The Balaban J connectivity index is 1.82. The van der Waals surface area contributed by atoms with Crippen LogP contribution in [0.15, 0.2) is 30.5 Å². The molecular formula is C13H14N4O2. The molecule has 0 aliphatic carbocycles. The third-order valence-electron chi connectivity index (χ3n) is 3.18. The van der Waals surface area contributed by atoms with Gasteiger partial charge < -0.3 is 15.8 Å². The predicted molar refractivity (Wildman–Crippen MR) is 69.8 cm³/mol. The summed E-state index contributed by atoms with van der Waals surface area (Å²) in [6, 6.07) is 7.64. The molecule has 6 heteroatoms. The molecule has 2 heterocycles. The third kappa shape index (κ3) is 2.12. The van der Waals surface area contributed by atoms with Crippen molar-refractivity contribution in [3.63, 3.8) is 0 Å². The number of nitrogen functional groups attached to an aromatic ring is 1. The van der Waals surface area contributed by atoms with Crippen molar-refractivity contribution in [1.82, 2.24) is 15.5 Å². The highest BCUT2D eigenvalue weighted by Gasteiger charge is 2.24. The van der Waals surface area contributed by atoms with Crippen molar-refractivity contribution in [2.75, 3.05) is 12.3 Å². The maximum Gasteiger partial charge on any atom is 0.257 e. The van der Waals surface area contributed by atoms with E-state index >= 15 is 0 Å². The van der Waals surface area contributed by atoms with E-state index in [0.717, 1.165) is 17.7 Å². The molecule has 1 unspecified atom stereocenters. The fraction of sp³-hybridized carbons (Fsp3) is 0.231. The van der Waals surface area contributed by atoms with Crippen LogP contribution >= 0.6 is 0 Å². The van der Waals surface area contributed by atoms with E-state index in [1.165, 1.54) is 6.20 Å². The molecule has 0 bridgehead atoms. The van der Waals surface area contributed by atoms with Gasteiger partial charge in [-0.05, 0) is 6.07 Å². The zero-order valence-corrected chi connectivity index (χ0v) is 10.2. The minimum absolute atomic E-state index is 0.0632. The molecule has 0 saturated carbocycles. The van der Waals surface area contributed by atoms with Gasteiger partial charge in [-0.3, -0.25) is 9.89 Å². The van der Waals surface area contributed by atoms with Gasteiger partial charge in [0.05, 0.1) is 18.8 Å². The fourth-order valence-corrected chi connectivity index (χ4v) is 2.21. The SMILES string of the molecule is Nc1[nH]ncc1C(=O)NC1CCOc2ccccc21. The summed E-state index contributed by atoms with van der Waals surface area (Å²) < 4.78 is 5.56. The summed E-state index contributed by atoms with van der Waals surface area (Å²) in [6.45, 7) is 0.586. The molecule has 3 rings (SSSR count). The number of hydrogen-bond donors (Lipinski definition) is 3. The number of nitrogens with one attached hydrogen (secondary N) is 2. The number of fused-ring (bicyclic) bond motifs is 1. The number of ether oxygens (including phenoxy) is 1. The van der Waals surface area contributed by atoms with Crippen molar-refractivity contribution in [2.24, 2.45) is 0 Å². The van der Waals surface area contributed by atoms with Gasteiger partial charge in [-0.25, -0.2) is 0 Å². The van der Waals surface area contributed by atoms with Gasteiger partial charge in [0.25, 0.3) is 5.91 Å². The number of aromatic amines is 1. The van der Waals surface area contributed by atoms with Crippen LogP contribution in [0.4, 0.5) is 5.82 Å². The van der Waals surface area contributed by atoms with Gasteiger partial charge in [0.1, 0.15) is 17.1 Å². The quantitative estimate of drug-likeness (QED) is 0.755. The monoisotopic (exact) mass is 258 g/mol. The van der Waals surface area contributed by atoms with Gasteiger partial charge in [-0.1, -0.05) is 18.2 Å². The number of carbonyl (C=O) groups excluding carboxylic acids is 1. The molecule has 1 aromatic heterocycles. The molecule has 1 atom stereocenters. The van der Waals surface area contributed by atoms with Crippen LogP contribution < -0.4 is 15.8 Å². The molecule has 19 heavy (non-hydrogen) atoms. The smallest absolute Gasteiger partial charge is 0.257 e. The van der Waals surface area contributed by atoms with Gasteiger partial charge in [0.2, 0.25) is 0 Å². The Hall–Kier alpha value is -2.50. The summed E-state index contributed by atoms with van der Waals surface area (Å²) in [5.41, 5.74) is 6.99. The molecule has 0 spiro atoms. The fourth-order valence-electron chi connectivity index (χ4n) is 2.21. The average Bonchev–Trinajstić information content (AvgIpc) is 2.85. The number of rotatable bonds is 2. The summed E-state index contributed by atoms with van der Waals surface area (Å²) >= 11 is 0. The van der Waals surface area contributed by atoms with Crippen molar-refractivity contribution in [2.45, 2.75) is 12.5 Å². The highest BCUT2D eigenvalue weighted by molar-refractivity contribution is 5.98. The summed E-state index contributed by atoms with van der Waals surface area (Å²) in [6.07, 6.45) is 2.16. The Labute approximate surface area is 110 Å². The summed E-state index contributed by atoms with van der Waals surface area (Å²) in [5, 5.41) is 9.25. The minimum Gasteiger partial charge on any atom is -0.493 e. The van der Waals surface area contributed by atoms with E-state index in [1.807, 2.05) is 24.3 Å². The highest BCUT2D eigenvalue weighted by atomic mass is 16.5. The topological polar surface area (TPSA) is 93.0 Å². The molecule has 4 N–H and O–H groups in total. The number of para-hydroxylation sites is 1. The lowest BCUT2D eigenvalue weighted by Crippen LogP contribution is -2.32. The van der Waals surface area contributed by atoms with Crippen LogP contribution in [0.1, 0.15) is 28.4 Å². The number of amides is 1. The zero-order valence-electron chi connectivity index (χ0n) is 10.2. The van der Waals surface area contributed by atoms with E-state index in [1.54, 1.807) is 0 Å². The molecule has 0 saturated heterocycles. The summed E-state index contributed by atoms with van der Waals surface area (Å²) in [4.78, 5) is 12.1. The van der Waals surface area contributed by atoms with Crippen LogP contribution in [-0.2, 0) is 0 Å². The molecule has 6 nitrogen and oxygen atoms in total. The number of hydrogen-bond acceptors (Lipinski definition) is 4. The molecule has 1 aliphatic rings. The van der Waals surface area contributed by atoms with E-state index in [-0.39, 0.29) is 17.8 Å². The standard InChI is InChI=1S/C13H14N4O2/c14-12-9(7-15-17-12)13(18)16-10-5-6-19-11-4-2-1-3-8(10)11/h1-4,7,10H,5-6H2,(H,16,18)(H3,14,15,17). The van der Waals surface area contributed by atoms with Crippen molar-refractivity contribution >= 4 is 11.7 Å². The first-order chi connectivity index (χ1) is 9.25. The number of carbonyl (C=O) groups is 1. The number of H-pyrrole nitrogens is 1. The number of aromatic nitrogens is 2. The minimum atomic E-state index is -0.229. The largest absolute Gasteiger partial charge is 0.493 e. The first kappa shape index (κ1) is 11.6. The van der Waals surface area contributed by atoms with Gasteiger partial charge in [-0.2, -0.15) is 5.10 Å². The zero-order chi connectivity index (χ0) is 13.2. The van der Waals surface area contributed by atoms with E-state index < -0.39 is 0 Å². The first-order valence-corrected chi connectivity index (χ1v) is 6.07. The molecule has 1 amide bonds. The second-order valence-electron chi connectivity index (χ2n) is 4.40. The number of nitrogens with two attached hydrogens (primary N) is 1. The molecule has 0 fully saturated rings. The Morgan fingerprint density at radius 1 is 1.47 bits per heavy atom. The third-order valence-corrected chi connectivity index (χ3v) is 3.18. The van der Waals surface area contributed by atoms with E-state index in [2.05, 4.69) is 15.5 Å². The van der Waals surface area contributed by atoms with Crippen LogP contribution in [-0.4, -0.2) is 22.7 Å². The van der Waals surface area contributed by atoms with E-state index in [0.29, 0.717) is 12.2 Å². The molecule has 98 valence electrons. The Kier molecular flexibility index (Phi) is 2.83. The van der Waals surface area contributed by atoms with Crippen LogP contribution in [0.3, 0.4) is 0 Å². The van der Waals surface area contributed by atoms with Crippen LogP contribution in [0.25, 0.3) is 0 Å². The lowest BCUT2D eigenvalue weighted by Gasteiger charge is -2.26. The second-order valence-corrected chi connectivity index (χ2v) is 4.40. The van der Waals surface area contributed by atoms with Crippen molar-refractivity contribution in [3.8, 4) is 5.75 Å². The van der Waals surface area contributed by atoms with Gasteiger partial charge in [0.15, 0.2) is 0 Å². The lowest BCUT2D eigenvalue weighted by molar-refractivity contribution is 0.0926. The Morgan fingerprint density at radius 2 is 2.32 bits per heavy atom. The van der Waals surface area contributed by atoms with E-state index in [4.69, 9.17) is 10.5 Å². The van der Waals surface area contributed by atoms with Gasteiger partial charge in [0, 0.05) is 12.0 Å². The van der Waals surface area contributed by atoms with E-state index in [9.17, 15) is 4.79 Å². The summed E-state index contributed by atoms with van der Waals surface area (Å²) in [5.74, 6) is 0.866. The second kappa shape index (κ2) is 4.64. The highest BCUT2D eigenvalue weighted by Crippen LogP contribution is 2.31. The Bertz CT molecular complexity index is 608. The molecule has 0 radical (unpaired) electrons. The molecule has 1 aromatic carbocycles. The molecular weight excluding hydrogens is 244 g/mol. The van der Waals surface area contributed by atoms with Crippen LogP contribution in [0.5, 0.6) is 5.75 Å². The van der Waals surface area contributed by atoms with Gasteiger partial charge in [-0.15, -0.1) is 0 Å². The summed E-state index contributed by atoms with van der Waals surface area (Å²) in [7, 11) is 0. The number of anilines is 1. The average molecular weight is 258 g/mol. The number of nitrogens with zero attached hydrogens (tertiary/aromatic N) is 1. The molecule has 1 aliphatic heterocycles. The van der Waals surface area contributed by atoms with Crippen molar-refractivity contribution in [3.05, 3.63) is 41.6 Å². The number of benzene rings is 1. The maximum absolute atomic E-state index is 12.1. The van der Waals surface area contributed by atoms with Crippen molar-refractivity contribution in [1.29, 1.82) is 0 Å². The van der Waals surface area contributed by atoms with Crippen LogP contribution in [0.2, 0.25) is 0 Å². The maximum atomic E-state index is 12.1. The predicted octanol–water partition coefficient (Wildman–Crippen LogP) is 1.25. The molecule has 2 aromatic rings.